The molecule has 2 aromatic heterocycles. The van der Waals surface area contributed by atoms with Crippen molar-refractivity contribution in [2.45, 2.75) is 102 Å². The van der Waals surface area contributed by atoms with Gasteiger partial charge >= 0.3 is 11.9 Å². The summed E-state index contributed by atoms with van der Waals surface area (Å²) in [5.41, 5.74) is -1.33. The number of sulfonamides is 1. The maximum absolute atomic E-state index is 14.5. The summed E-state index contributed by atoms with van der Waals surface area (Å²) in [6.45, 7) is 13.2. The molecule has 4 heterocycles. The van der Waals surface area contributed by atoms with Crippen LogP contribution in [0.15, 0.2) is 43.3 Å². The molecule has 2 N–H and O–H groups in total. The maximum Gasteiger partial charge on any atom is 0.358 e. The Morgan fingerprint density at radius 2 is 1.89 bits per heavy atom. The third-order valence-electron chi connectivity index (χ3n) is 10.7. The molecular weight excluding hydrogens is 703 g/mol. The molecule has 4 bridgehead atoms. The van der Waals surface area contributed by atoms with E-state index >= 15 is 0 Å². The first-order valence-corrected chi connectivity index (χ1v) is 19.7. The number of carbonyl (C=O) groups excluding carboxylic acids is 5. The van der Waals surface area contributed by atoms with Crippen LogP contribution in [0.5, 0.6) is 0 Å². The van der Waals surface area contributed by atoms with E-state index in [1.165, 1.54) is 11.0 Å². The van der Waals surface area contributed by atoms with Crippen molar-refractivity contribution in [1.29, 1.82) is 0 Å². The molecule has 6 rings (SSSR count). The number of rotatable bonds is 6. The van der Waals surface area contributed by atoms with Gasteiger partial charge in [0.15, 0.2) is 5.69 Å². The predicted octanol–water partition coefficient (Wildman–Crippen LogP) is 3.56. The number of amides is 3. The highest BCUT2D eigenvalue weighted by Gasteiger charge is 2.62. The fraction of sp³-hybridized carbons (Fsp3) is 0.579. The van der Waals surface area contributed by atoms with E-state index in [9.17, 15) is 32.4 Å². The highest BCUT2D eigenvalue weighted by molar-refractivity contribution is 7.91. The Morgan fingerprint density at radius 1 is 1.15 bits per heavy atom. The van der Waals surface area contributed by atoms with Crippen molar-refractivity contribution in [1.82, 2.24) is 24.3 Å². The topological polar surface area (TPSA) is 183 Å². The van der Waals surface area contributed by atoms with Crippen LogP contribution in [0.25, 0.3) is 11.7 Å². The van der Waals surface area contributed by atoms with Crippen LogP contribution in [0.1, 0.15) is 95.6 Å². The van der Waals surface area contributed by atoms with E-state index in [2.05, 4.69) is 21.6 Å². The number of nitrogens with zero attached hydrogens (tertiary/aromatic N) is 3. The van der Waals surface area contributed by atoms with Gasteiger partial charge in [0, 0.05) is 30.3 Å². The lowest BCUT2D eigenvalue weighted by molar-refractivity contribution is -0.155. The Hall–Kier alpha value is -4.53. The normalized spacial score (nSPS) is 28.8. The quantitative estimate of drug-likeness (QED) is 0.327. The van der Waals surface area contributed by atoms with Crippen LogP contribution >= 0.6 is 0 Å². The maximum atomic E-state index is 14.5. The molecule has 0 radical (unpaired) electrons. The van der Waals surface area contributed by atoms with Crippen LogP contribution in [0.4, 0.5) is 0 Å². The van der Waals surface area contributed by atoms with Crippen molar-refractivity contribution >= 4 is 51.4 Å². The standard InChI is InChI=1S/C38H49N5O9S/c1-7-24-19-38(24,35(48)41-53(49,50)26-13-14-26)40-32(45)29-17-25-20-43(29)33(46)27(36(2,3)4)18-30(44)51-22-37(5,6)15-9-8-11-23-12-10-16-42-21-28(34(47)52-25)39-31(23)42/h7-8,10-12,16,21,24-27,29H,1,9,13-15,17-20,22H2,2-6H3,(H,40,45)(H,41,48)/b11-8+/t24-,25-,27-,29+,38-/m1/s1. The monoisotopic (exact) mass is 751 g/mol. The number of fused-ring (bicyclic) bond motifs is 3. The van der Waals surface area contributed by atoms with Gasteiger partial charge in [-0.3, -0.25) is 23.9 Å². The summed E-state index contributed by atoms with van der Waals surface area (Å²) < 4.78 is 40.8. The Labute approximate surface area is 309 Å². The molecule has 0 spiro atoms. The van der Waals surface area contributed by atoms with Gasteiger partial charge in [0.1, 0.15) is 23.3 Å². The van der Waals surface area contributed by atoms with Crippen LogP contribution in [0, 0.1) is 22.7 Å². The first-order valence-electron chi connectivity index (χ1n) is 18.2. The minimum atomic E-state index is -3.92. The molecule has 4 aliphatic rings. The summed E-state index contributed by atoms with van der Waals surface area (Å²) in [5.74, 6) is -4.88. The first kappa shape index (κ1) is 38.2. The van der Waals surface area contributed by atoms with E-state index < -0.39 is 79.9 Å². The fourth-order valence-corrected chi connectivity index (χ4v) is 8.46. The summed E-state index contributed by atoms with van der Waals surface area (Å²) in [6.07, 6.45) is 9.83. The SMILES string of the molecule is C=C[C@@H]1C[C@]1(NC(=O)[C@@H]1C[C@@H]2CN1C(=O)[C@H](C(C)(C)C)CC(=O)OCC(C)(C)CC/C=C/c1cccn3cc(nc13)C(=O)O2)C(=O)NS(=O)(=O)C1CC1. The lowest BCUT2D eigenvalue weighted by atomic mass is 9.77. The number of allylic oxidation sites excluding steroid dienone is 1. The number of nitrogens with one attached hydrogen (secondary N) is 2. The molecule has 2 saturated carbocycles. The van der Waals surface area contributed by atoms with Crippen LogP contribution < -0.4 is 10.0 Å². The highest BCUT2D eigenvalue weighted by Crippen LogP contribution is 2.46. The van der Waals surface area contributed by atoms with Gasteiger partial charge in [0.05, 0.1) is 30.7 Å². The van der Waals surface area contributed by atoms with Crippen molar-refractivity contribution in [3.05, 3.63) is 54.5 Å². The van der Waals surface area contributed by atoms with Gasteiger partial charge in [-0.1, -0.05) is 52.8 Å². The molecule has 5 atom stereocenters. The van der Waals surface area contributed by atoms with Crippen LogP contribution in [0.3, 0.4) is 0 Å². The molecule has 0 unspecified atom stereocenters. The minimum Gasteiger partial charge on any atom is -0.465 e. The Morgan fingerprint density at radius 3 is 2.55 bits per heavy atom. The van der Waals surface area contributed by atoms with Gasteiger partial charge in [-0.15, -0.1) is 6.58 Å². The second-order valence-corrected chi connectivity index (χ2v) is 18.6. The van der Waals surface area contributed by atoms with Gasteiger partial charge in [-0.05, 0) is 55.1 Å². The molecule has 286 valence electrons. The Bertz CT molecular complexity index is 1980. The van der Waals surface area contributed by atoms with Crippen molar-refractivity contribution in [3.63, 3.8) is 0 Å². The van der Waals surface area contributed by atoms with Crippen LogP contribution in [-0.4, -0.2) is 88.4 Å². The lowest BCUT2D eigenvalue weighted by Gasteiger charge is -2.35. The van der Waals surface area contributed by atoms with Crippen molar-refractivity contribution in [2.24, 2.45) is 22.7 Å². The van der Waals surface area contributed by atoms with Gasteiger partial charge in [-0.25, -0.2) is 18.2 Å². The summed E-state index contributed by atoms with van der Waals surface area (Å²) in [6, 6.07) is 2.50. The largest absolute Gasteiger partial charge is 0.465 e. The molecule has 15 heteroatoms. The molecule has 3 fully saturated rings. The summed E-state index contributed by atoms with van der Waals surface area (Å²) in [7, 11) is -3.92. The molecule has 53 heavy (non-hydrogen) atoms. The van der Waals surface area contributed by atoms with E-state index in [4.69, 9.17) is 9.47 Å². The number of ether oxygens (including phenoxy) is 2. The van der Waals surface area contributed by atoms with E-state index in [-0.39, 0.29) is 43.5 Å². The second-order valence-electron chi connectivity index (χ2n) is 16.7. The van der Waals surface area contributed by atoms with Crippen molar-refractivity contribution < 1.29 is 41.9 Å². The van der Waals surface area contributed by atoms with Gasteiger partial charge in [0.25, 0.3) is 5.91 Å². The summed E-state index contributed by atoms with van der Waals surface area (Å²) >= 11 is 0. The zero-order valence-electron chi connectivity index (χ0n) is 30.9. The van der Waals surface area contributed by atoms with Crippen LogP contribution in [0.2, 0.25) is 0 Å². The minimum absolute atomic E-state index is 0.0433. The number of hydrogen-bond acceptors (Lipinski definition) is 10. The number of pyridine rings is 1. The zero-order valence-corrected chi connectivity index (χ0v) is 31.7. The first-order chi connectivity index (χ1) is 24.8. The smallest absolute Gasteiger partial charge is 0.358 e. The highest BCUT2D eigenvalue weighted by atomic mass is 32.2. The molecule has 14 nitrogen and oxygen atoms in total. The lowest BCUT2D eigenvalue weighted by Crippen LogP contribution is -2.57. The number of aromatic nitrogens is 2. The number of cyclic esters (lactones) is 1. The Kier molecular flexibility index (Phi) is 10.1. The van der Waals surface area contributed by atoms with Crippen LogP contribution in [-0.2, 0) is 38.7 Å². The molecule has 0 aromatic carbocycles. The van der Waals surface area contributed by atoms with E-state index in [1.807, 2.05) is 58.9 Å². The van der Waals surface area contributed by atoms with E-state index in [0.29, 0.717) is 31.3 Å². The fourth-order valence-electron chi connectivity index (χ4n) is 7.09. The number of carbonyl (C=O) groups is 5. The van der Waals surface area contributed by atoms with Crippen molar-refractivity contribution in [2.75, 3.05) is 13.2 Å². The average molecular weight is 752 g/mol. The zero-order chi connectivity index (χ0) is 38.5. The molecule has 2 aliphatic carbocycles. The second kappa shape index (κ2) is 14.0. The predicted molar refractivity (Wildman–Crippen MR) is 194 cm³/mol. The molecular formula is C38H49N5O9S. The van der Waals surface area contributed by atoms with Gasteiger partial charge in [0.2, 0.25) is 21.8 Å². The van der Waals surface area contributed by atoms with E-state index in [1.54, 1.807) is 16.8 Å². The average Bonchev–Trinajstić information content (AvgIpc) is 3.97. The Balaban J connectivity index is 1.32. The summed E-state index contributed by atoms with van der Waals surface area (Å²) in [5, 5.41) is 2.09. The number of imidazole rings is 1. The third kappa shape index (κ3) is 8.19. The summed E-state index contributed by atoms with van der Waals surface area (Å²) in [4.78, 5) is 74.9. The molecule has 3 amide bonds. The van der Waals surface area contributed by atoms with E-state index in [0.717, 1.165) is 5.56 Å². The third-order valence-corrected chi connectivity index (χ3v) is 12.5. The van der Waals surface area contributed by atoms with Crippen molar-refractivity contribution in [3.8, 4) is 0 Å². The number of hydrogen-bond donors (Lipinski definition) is 2. The number of esters is 2. The molecule has 1 saturated heterocycles. The molecule has 2 aromatic rings. The van der Waals surface area contributed by atoms with Gasteiger partial charge < -0.3 is 24.1 Å². The van der Waals surface area contributed by atoms with Gasteiger partial charge in [-0.2, -0.15) is 0 Å². The molecule has 2 aliphatic heterocycles.